The first kappa shape index (κ1) is 65.4. The molecule has 0 radical (unpaired) electrons. The minimum Gasteiger partial charge on any atom is -0.462 e. The van der Waals surface area contributed by atoms with Crippen LogP contribution in [0.4, 0.5) is 0 Å². The first-order valence-corrected chi connectivity index (χ1v) is 30.4. The van der Waals surface area contributed by atoms with Crippen molar-refractivity contribution in [3.8, 4) is 0 Å². The lowest BCUT2D eigenvalue weighted by molar-refractivity contribution is -0.167. The van der Waals surface area contributed by atoms with E-state index >= 15 is 0 Å². The molecule has 0 aromatic heterocycles. The molecule has 67 heavy (non-hydrogen) atoms. The molecule has 0 rings (SSSR count). The van der Waals surface area contributed by atoms with Crippen LogP contribution in [0, 0.1) is 5.92 Å². The van der Waals surface area contributed by atoms with Crippen molar-refractivity contribution in [1.29, 1.82) is 0 Å². The summed E-state index contributed by atoms with van der Waals surface area (Å²) in [4.78, 5) is 38.2. The fraction of sp³-hybridized carbons (Fsp3) is 0.951. The lowest BCUT2D eigenvalue weighted by Crippen LogP contribution is -2.30. The summed E-state index contributed by atoms with van der Waals surface area (Å²) in [6.45, 7) is 9.11. The zero-order valence-corrected chi connectivity index (χ0v) is 45.9. The van der Waals surface area contributed by atoms with Gasteiger partial charge < -0.3 is 14.2 Å². The van der Waals surface area contributed by atoms with E-state index in [0.29, 0.717) is 19.3 Å². The highest BCUT2D eigenvalue weighted by Gasteiger charge is 2.19. The predicted octanol–water partition coefficient (Wildman–Crippen LogP) is 20.2. The predicted molar refractivity (Wildman–Crippen MR) is 289 cm³/mol. The second kappa shape index (κ2) is 55.3. The van der Waals surface area contributed by atoms with Crippen molar-refractivity contribution >= 4 is 17.9 Å². The van der Waals surface area contributed by atoms with Gasteiger partial charge in [-0.1, -0.05) is 310 Å². The van der Waals surface area contributed by atoms with Crippen LogP contribution in [0.3, 0.4) is 0 Å². The van der Waals surface area contributed by atoms with Crippen LogP contribution < -0.4 is 0 Å². The first-order valence-electron chi connectivity index (χ1n) is 30.4. The maximum atomic E-state index is 12.9. The Hall–Kier alpha value is -1.59. The minimum atomic E-state index is -0.762. The Kier molecular flexibility index (Phi) is 54.0. The van der Waals surface area contributed by atoms with Crippen LogP contribution in [-0.2, 0) is 28.6 Å². The second-order valence-electron chi connectivity index (χ2n) is 21.2. The number of carbonyl (C=O) groups excluding carboxylic acids is 3. The molecule has 0 aromatic carbocycles. The molecule has 0 saturated heterocycles. The third kappa shape index (κ3) is 53.6. The van der Waals surface area contributed by atoms with Crippen LogP contribution in [-0.4, -0.2) is 37.2 Å². The summed E-state index contributed by atoms with van der Waals surface area (Å²) in [5.41, 5.74) is 0. The monoisotopic (exact) mass is 947 g/mol. The van der Waals surface area contributed by atoms with E-state index in [1.54, 1.807) is 0 Å². The van der Waals surface area contributed by atoms with Gasteiger partial charge in [-0.3, -0.25) is 14.4 Å². The molecule has 0 fully saturated rings. The lowest BCUT2D eigenvalue weighted by Gasteiger charge is -2.18. The summed E-state index contributed by atoms with van der Waals surface area (Å²) in [5, 5.41) is 0. The molecule has 0 N–H and O–H groups in total. The van der Waals surface area contributed by atoms with Gasteiger partial charge in [0.05, 0.1) is 0 Å². The van der Waals surface area contributed by atoms with E-state index in [2.05, 4.69) is 27.7 Å². The van der Waals surface area contributed by atoms with Gasteiger partial charge in [-0.2, -0.15) is 0 Å². The molecule has 0 bridgehead atoms. The van der Waals surface area contributed by atoms with Gasteiger partial charge in [0.2, 0.25) is 0 Å². The number of unbranched alkanes of at least 4 members (excludes halogenated alkanes) is 42. The molecule has 0 aliphatic carbocycles. The van der Waals surface area contributed by atoms with E-state index in [-0.39, 0.29) is 31.1 Å². The van der Waals surface area contributed by atoms with Crippen molar-refractivity contribution < 1.29 is 28.6 Å². The van der Waals surface area contributed by atoms with Gasteiger partial charge in [-0.25, -0.2) is 0 Å². The average Bonchev–Trinajstić information content (AvgIpc) is 3.33. The molecule has 6 heteroatoms. The van der Waals surface area contributed by atoms with Crippen molar-refractivity contribution in [1.82, 2.24) is 0 Å². The van der Waals surface area contributed by atoms with Crippen LogP contribution in [0.25, 0.3) is 0 Å². The summed E-state index contributed by atoms with van der Waals surface area (Å²) < 4.78 is 16.9. The fourth-order valence-electron chi connectivity index (χ4n) is 9.42. The maximum Gasteiger partial charge on any atom is 0.306 e. The van der Waals surface area contributed by atoms with Gasteiger partial charge in [0, 0.05) is 19.3 Å². The number of carbonyl (C=O) groups is 3. The number of hydrogen-bond donors (Lipinski definition) is 0. The summed E-state index contributed by atoms with van der Waals surface area (Å²) in [6, 6.07) is 0. The van der Waals surface area contributed by atoms with Crippen molar-refractivity contribution in [2.24, 2.45) is 5.92 Å². The van der Waals surface area contributed by atoms with Crippen LogP contribution in [0.15, 0.2) is 0 Å². The van der Waals surface area contributed by atoms with Gasteiger partial charge in [0.1, 0.15) is 13.2 Å². The fourth-order valence-corrected chi connectivity index (χ4v) is 9.42. The molecule has 0 amide bonds. The van der Waals surface area contributed by atoms with Crippen LogP contribution in [0.2, 0.25) is 0 Å². The molecule has 0 aliphatic heterocycles. The zero-order chi connectivity index (χ0) is 48.8. The maximum absolute atomic E-state index is 12.9. The summed E-state index contributed by atoms with van der Waals surface area (Å²) in [7, 11) is 0. The van der Waals surface area contributed by atoms with Crippen molar-refractivity contribution in [3.05, 3.63) is 0 Å². The molecule has 0 heterocycles. The molecule has 0 aliphatic rings. The third-order valence-corrected chi connectivity index (χ3v) is 14.4. The molecule has 6 nitrogen and oxygen atoms in total. The molecular weight excluding hydrogens is 829 g/mol. The van der Waals surface area contributed by atoms with Gasteiger partial charge in [-0.15, -0.1) is 0 Å². The van der Waals surface area contributed by atoms with Crippen molar-refractivity contribution in [3.63, 3.8) is 0 Å². The summed E-state index contributed by atoms with van der Waals surface area (Å²) in [5.74, 6) is 0.0774. The summed E-state index contributed by atoms with van der Waals surface area (Å²) in [6.07, 6.45) is 60.9. The van der Waals surface area contributed by atoms with Crippen LogP contribution in [0.5, 0.6) is 0 Å². The molecule has 1 unspecified atom stereocenters. The number of ether oxygens (including phenoxy) is 3. The quantitative estimate of drug-likeness (QED) is 0.0343. The van der Waals surface area contributed by atoms with E-state index < -0.39 is 6.10 Å². The Morgan fingerprint density at radius 2 is 0.522 bits per heavy atom. The second-order valence-corrected chi connectivity index (χ2v) is 21.2. The van der Waals surface area contributed by atoms with E-state index in [9.17, 15) is 14.4 Å². The van der Waals surface area contributed by atoms with E-state index in [0.717, 1.165) is 63.7 Å². The largest absolute Gasteiger partial charge is 0.462 e. The highest BCUT2D eigenvalue weighted by atomic mass is 16.6. The highest BCUT2D eigenvalue weighted by Crippen LogP contribution is 2.19. The average molecular weight is 948 g/mol. The lowest BCUT2D eigenvalue weighted by atomic mass is 9.99. The summed E-state index contributed by atoms with van der Waals surface area (Å²) >= 11 is 0. The molecule has 0 spiro atoms. The molecule has 2 atom stereocenters. The number of hydrogen-bond acceptors (Lipinski definition) is 6. The molecular formula is C61H118O6. The SMILES string of the molecule is CCCCCCCCCCCCCCCCC(=O)OC[C@@H](COC(=O)CCCCCCCCCCCCCCC)OC(=O)CCCCCCCCCCCCCCCCCCCCC(C)CC. The highest BCUT2D eigenvalue weighted by molar-refractivity contribution is 5.71. The third-order valence-electron chi connectivity index (χ3n) is 14.4. The zero-order valence-electron chi connectivity index (χ0n) is 45.9. The Bertz CT molecular complexity index is 1010. The van der Waals surface area contributed by atoms with Crippen LogP contribution in [0.1, 0.15) is 349 Å². The van der Waals surface area contributed by atoms with E-state index in [4.69, 9.17) is 14.2 Å². The van der Waals surface area contributed by atoms with Crippen molar-refractivity contribution in [2.45, 2.75) is 355 Å². The normalized spacial score (nSPS) is 12.4. The number of esters is 3. The molecule has 0 saturated carbocycles. The Morgan fingerprint density at radius 3 is 0.776 bits per heavy atom. The topological polar surface area (TPSA) is 78.9 Å². The standard InChI is InChI=1S/C61H118O6/c1-5-8-10-12-14-16-18-20-29-33-37-41-45-49-53-60(63)66-56-58(55-65-59(62)52-48-44-40-36-32-27-19-17-15-13-11-9-6-2)67-61(64)54-50-46-42-38-34-30-26-24-22-21-23-25-28-31-35-39-43-47-51-57(4)7-3/h57-58H,5-56H2,1-4H3/t57?,58-/m1/s1. The minimum absolute atomic E-state index is 0.0615. The van der Waals surface area contributed by atoms with Gasteiger partial charge >= 0.3 is 17.9 Å². The Morgan fingerprint density at radius 1 is 0.299 bits per heavy atom. The Labute approximate surface area is 418 Å². The van der Waals surface area contributed by atoms with Gasteiger partial charge in [-0.05, 0) is 25.2 Å². The first-order chi connectivity index (χ1) is 32.9. The molecule has 398 valence electrons. The van der Waals surface area contributed by atoms with Gasteiger partial charge in [0.25, 0.3) is 0 Å². The van der Waals surface area contributed by atoms with Gasteiger partial charge in [0.15, 0.2) is 6.10 Å². The number of rotatable bonds is 56. The molecule has 0 aromatic rings. The van der Waals surface area contributed by atoms with Crippen LogP contribution >= 0.6 is 0 Å². The van der Waals surface area contributed by atoms with E-state index in [1.807, 2.05) is 0 Å². The Balaban J connectivity index is 4.24. The van der Waals surface area contributed by atoms with E-state index in [1.165, 1.54) is 244 Å². The van der Waals surface area contributed by atoms with Crippen molar-refractivity contribution in [2.75, 3.05) is 13.2 Å². The smallest absolute Gasteiger partial charge is 0.306 e.